The zero-order valence-electron chi connectivity index (χ0n) is 9.36. The average Bonchev–Trinajstić information content (AvgIpc) is 2.40. The molecule has 18 heavy (non-hydrogen) atoms. The van der Waals surface area contributed by atoms with Gasteiger partial charge in [0.05, 0.1) is 5.56 Å². The van der Waals surface area contributed by atoms with Gasteiger partial charge in [-0.15, -0.1) is 0 Å². The number of benzene rings is 2. The standard InChI is InChI=1S/C14H9BrClNO/c15-8-10-5-6-12(16)7-14(10)18-13-4-2-1-3-11(13)9-17/h1-7H,8H2. The summed E-state index contributed by atoms with van der Waals surface area (Å²) in [5, 5.41) is 10.3. The summed E-state index contributed by atoms with van der Waals surface area (Å²) < 4.78 is 5.77. The number of para-hydroxylation sites is 1. The van der Waals surface area contributed by atoms with Crippen LogP contribution in [0.2, 0.25) is 5.02 Å². The van der Waals surface area contributed by atoms with Gasteiger partial charge in [-0.25, -0.2) is 0 Å². The summed E-state index contributed by atoms with van der Waals surface area (Å²) in [5.41, 5.74) is 1.48. The Morgan fingerprint density at radius 3 is 2.67 bits per heavy atom. The number of hydrogen-bond donors (Lipinski definition) is 0. The second-order valence-electron chi connectivity index (χ2n) is 3.60. The lowest BCUT2D eigenvalue weighted by molar-refractivity contribution is 0.477. The highest BCUT2D eigenvalue weighted by molar-refractivity contribution is 9.08. The predicted molar refractivity (Wildman–Crippen MR) is 75.3 cm³/mol. The van der Waals surface area contributed by atoms with Gasteiger partial charge in [0.2, 0.25) is 0 Å². The number of halogens is 2. The van der Waals surface area contributed by atoms with Crippen LogP contribution in [0.4, 0.5) is 0 Å². The maximum Gasteiger partial charge on any atom is 0.145 e. The monoisotopic (exact) mass is 321 g/mol. The SMILES string of the molecule is N#Cc1ccccc1Oc1cc(Cl)ccc1CBr. The van der Waals surface area contributed by atoms with Crippen LogP contribution in [0.5, 0.6) is 11.5 Å². The van der Waals surface area contributed by atoms with Crippen molar-refractivity contribution >= 4 is 27.5 Å². The number of rotatable bonds is 3. The third kappa shape index (κ3) is 2.84. The zero-order chi connectivity index (χ0) is 13.0. The second-order valence-corrected chi connectivity index (χ2v) is 4.59. The van der Waals surface area contributed by atoms with Gasteiger partial charge in [-0.05, 0) is 24.3 Å². The van der Waals surface area contributed by atoms with Crippen LogP contribution in [-0.4, -0.2) is 0 Å². The minimum absolute atomic E-state index is 0.498. The van der Waals surface area contributed by atoms with E-state index in [1.165, 1.54) is 0 Å². The van der Waals surface area contributed by atoms with Gasteiger partial charge in [0.15, 0.2) is 0 Å². The van der Waals surface area contributed by atoms with Crippen molar-refractivity contribution in [2.24, 2.45) is 0 Å². The molecule has 0 amide bonds. The van der Waals surface area contributed by atoms with Crippen LogP contribution in [-0.2, 0) is 5.33 Å². The minimum atomic E-state index is 0.498. The minimum Gasteiger partial charge on any atom is -0.456 e. The molecule has 2 aromatic rings. The molecular formula is C14H9BrClNO. The summed E-state index contributed by atoms with van der Waals surface area (Å²) in [6.45, 7) is 0. The Bertz CT molecular complexity index is 607. The van der Waals surface area contributed by atoms with E-state index in [1.807, 2.05) is 12.1 Å². The van der Waals surface area contributed by atoms with E-state index in [4.69, 9.17) is 21.6 Å². The molecule has 0 aliphatic heterocycles. The van der Waals surface area contributed by atoms with Crippen molar-refractivity contribution in [1.82, 2.24) is 0 Å². The molecule has 0 heterocycles. The van der Waals surface area contributed by atoms with Crippen LogP contribution in [0, 0.1) is 11.3 Å². The van der Waals surface area contributed by atoms with Crippen molar-refractivity contribution in [3.63, 3.8) is 0 Å². The van der Waals surface area contributed by atoms with E-state index in [2.05, 4.69) is 22.0 Å². The Morgan fingerprint density at radius 1 is 1.17 bits per heavy atom. The van der Waals surface area contributed by atoms with Crippen LogP contribution in [0.1, 0.15) is 11.1 Å². The number of nitrogens with zero attached hydrogens (tertiary/aromatic N) is 1. The highest BCUT2D eigenvalue weighted by Crippen LogP contribution is 2.31. The first kappa shape index (κ1) is 12.9. The van der Waals surface area contributed by atoms with E-state index in [-0.39, 0.29) is 0 Å². The molecule has 90 valence electrons. The van der Waals surface area contributed by atoms with Crippen molar-refractivity contribution in [1.29, 1.82) is 5.26 Å². The van der Waals surface area contributed by atoms with Crippen LogP contribution in [0.25, 0.3) is 0 Å². The van der Waals surface area contributed by atoms with Crippen LogP contribution >= 0.6 is 27.5 Å². The molecule has 0 fully saturated rings. The predicted octanol–water partition coefficient (Wildman–Crippen LogP) is 4.90. The maximum atomic E-state index is 9.01. The lowest BCUT2D eigenvalue weighted by atomic mass is 10.2. The summed E-state index contributed by atoms with van der Waals surface area (Å²) in [7, 11) is 0. The molecule has 0 saturated heterocycles. The van der Waals surface area contributed by atoms with Crippen molar-refractivity contribution in [3.05, 3.63) is 58.6 Å². The molecule has 0 radical (unpaired) electrons. The van der Waals surface area contributed by atoms with Crippen molar-refractivity contribution in [3.8, 4) is 17.6 Å². The van der Waals surface area contributed by atoms with Crippen LogP contribution < -0.4 is 4.74 Å². The molecule has 0 aromatic heterocycles. The quantitative estimate of drug-likeness (QED) is 0.753. The maximum absolute atomic E-state index is 9.01. The highest BCUT2D eigenvalue weighted by Gasteiger charge is 2.08. The summed E-state index contributed by atoms with van der Waals surface area (Å²) >= 11 is 9.35. The van der Waals surface area contributed by atoms with Gasteiger partial charge < -0.3 is 4.74 Å². The largest absolute Gasteiger partial charge is 0.456 e. The van der Waals surface area contributed by atoms with Crippen LogP contribution in [0.3, 0.4) is 0 Å². The average molecular weight is 323 g/mol. The fraction of sp³-hybridized carbons (Fsp3) is 0.0714. The first-order chi connectivity index (χ1) is 8.74. The highest BCUT2D eigenvalue weighted by atomic mass is 79.9. The number of hydrogen-bond acceptors (Lipinski definition) is 2. The molecule has 0 bridgehead atoms. The number of alkyl halides is 1. The van der Waals surface area contributed by atoms with E-state index in [0.29, 0.717) is 27.4 Å². The van der Waals surface area contributed by atoms with Gasteiger partial charge in [-0.3, -0.25) is 0 Å². The Labute approximate surface area is 119 Å². The Hall–Kier alpha value is -1.50. The molecule has 2 nitrogen and oxygen atoms in total. The second kappa shape index (κ2) is 5.90. The molecule has 2 rings (SSSR count). The van der Waals surface area contributed by atoms with Gasteiger partial charge in [-0.2, -0.15) is 5.26 Å². The van der Waals surface area contributed by atoms with Crippen molar-refractivity contribution < 1.29 is 4.74 Å². The third-order valence-corrected chi connectivity index (χ3v) is 3.24. The number of nitriles is 1. The summed E-state index contributed by atoms with van der Waals surface area (Å²) in [4.78, 5) is 0. The van der Waals surface area contributed by atoms with Crippen molar-refractivity contribution in [2.75, 3.05) is 0 Å². The molecule has 0 saturated carbocycles. The van der Waals surface area contributed by atoms with E-state index in [1.54, 1.807) is 30.3 Å². The Kier molecular flexibility index (Phi) is 4.24. The van der Waals surface area contributed by atoms with Gasteiger partial charge in [0.25, 0.3) is 0 Å². The van der Waals surface area contributed by atoms with Crippen molar-refractivity contribution in [2.45, 2.75) is 5.33 Å². The fourth-order valence-electron chi connectivity index (χ4n) is 1.50. The van der Waals surface area contributed by atoms with E-state index >= 15 is 0 Å². The summed E-state index contributed by atoms with van der Waals surface area (Å²) in [6, 6.07) is 14.6. The summed E-state index contributed by atoms with van der Waals surface area (Å²) in [5.74, 6) is 1.19. The molecule has 0 spiro atoms. The van der Waals surface area contributed by atoms with Gasteiger partial charge in [0, 0.05) is 15.9 Å². The Morgan fingerprint density at radius 2 is 1.94 bits per heavy atom. The molecule has 0 atom stereocenters. The number of ether oxygens (including phenoxy) is 1. The molecular weight excluding hydrogens is 314 g/mol. The molecule has 0 N–H and O–H groups in total. The summed E-state index contributed by atoms with van der Waals surface area (Å²) in [6.07, 6.45) is 0. The molecule has 4 heteroatoms. The smallest absolute Gasteiger partial charge is 0.145 e. The van der Waals surface area contributed by atoms with E-state index in [9.17, 15) is 0 Å². The lowest BCUT2D eigenvalue weighted by Crippen LogP contribution is -1.91. The van der Waals surface area contributed by atoms with E-state index in [0.717, 1.165) is 5.56 Å². The molecule has 0 aliphatic carbocycles. The van der Waals surface area contributed by atoms with Gasteiger partial charge in [-0.1, -0.05) is 45.7 Å². The first-order valence-electron chi connectivity index (χ1n) is 5.26. The topological polar surface area (TPSA) is 33.0 Å². The first-order valence-corrected chi connectivity index (χ1v) is 6.76. The van der Waals surface area contributed by atoms with E-state index < -0.39 is 0 Å². The Balaban J connectivity index is 2.40. The van der Waals surface area contributed by atoms with Gasteiger partial charge in [0.1, 0.15) is 17.6 Å². The molecule has 0 aliphatic rings. The fourth-order valence-corrected chi connectivity index (χ4v) is 2.13. The normalized spacial score (nSPS) is 9.83. The lowest BCUT2D eigenvalue weighted by Gasteiger charge is -2.11. The molecule has 0 unspecified atom stereocenters. The molecule has 2 aromatic carbocycles. The van der Waals surface area contributed by atoms with Gasteiger partial charge >= 0.3 is 0 Å². The van der Waals surface area contributed by atoms with Crippen LogP contribution in [0.15, 0.2) is 42.5 Å². The third-order valence-electron chi connectivity index (χ3n) is 2.40. The zero-order valence-corrected chi connectivity index (χ0v) is 11.7.